The number of aryl methyl sites for hydroxylation is 2. The van der Waals surface area contributed by atoms with Crippen LogP contribution in [0.5, 0.6) is 0 Å². The molecule has 0 radical (unpaired) electrons. The molecule has 0 aliphatic carbocycles. The van der Waals surface area contributed by atoms with Crippen LogP contribution in [0.4, 0.5) is 0 Å². The predicted molar refractivity (Wildman–Crippen MR) is 75.0 cm³/mol. The van der Waals surface area contributed by atoms with Gasteiger partial charge in [-0.05, 0) is 26.3 Å². The molecule has 0 aliphatic heterocycles. The van der Waals surface area contributed by atoms with Gasteiger partial charge in [0.2, 0.25) is 0 Å². The Labute approximate surface area is 113 Å². The molecular formula is C15H19N3O. The van der Waals surface area contributed by atoms with Crippen LogP contribution < -0.4 is 5.32 Å². The highest BCUT2D eigenvalue weighted by Gasteiger charge is 2.19. The summed E-state index contributed by atoms with van der Waals surface area (Å²) in [6, 6.07) is 9.90. The standard InChI is InChI=1S/C15H19N3O/c1-10(13-8-6-5-7-9-13)16-15(19)14-11(2)17-18(4)12(14)3/h5-10H,1-4H3,(H,16,19)/t10-/m1/s1. The van der Waals surface area contributed by atoms with Gasteiger partial charge in [0.1, 0.15) is 0 Å². The number of nitrogens with zero attached hydrogens (tertiary/aromatic N) is 2. The first-order chi connectivity index (χ1) is 9.00. The van der Waals surface area contributed by atoms with Crippen molar-refractivity contribution in [2.24, 2.45) is 7.05 Å². The van der Waals surface area contributed by atoms with Crippen LogP contribution in [0.3, 0.4) is 0 Å². The lowest BCUT2D eigenvalue weighted by molar-refractivity contribution is 0.0938. The molecule has 0 spiro atoms. The van der Waals surface area contributed by atoms with E-state index in [-0.39, 0.29) is 11.9 Å². The SMILES string of the molecule is Cc1nn(C)c(C)c1C(=O)N[C@H](C)c1ccccc1. The summed E-state index contributed by atoms with van der Waals surface area (Å²) in [5, 5.41) is 7.28. The molecule has 1 aromatic heterocycles. The number of aromatic nitrogens is 2. The second kappa shape index (κ2) is 5.26. The van der Waals surface area contributed by atoms with E-state index in [9.17, 15) is 4.79 Å². The maximum Gasteiger partial charge on any atom is 0.255 e. The van der Waals surface area contributed by atoms with Crippen LogP contribution in [0.15, 0.2) is 30.3 Å². The van der Waals surface area contributed by atoms with Crippen LogP contribution in [-0.2, 0) is 7.05 Å². The average Bonchev–Trinajstić information content (AvgIpc) is 2.64. The smallest absolute Gasteiger partial charge is 0.255 e. The number of amides is 1. The summed E-state index contributed by atoms with van der Waals surface area (Å²) < 4.78 is 1.73. The molecule has 1 atom stereocenters. The van der Waals surface area contributed by atoms with Crippen LogP contribution in [-0.4, -0.2) is 15.7 Å². The summed E-state index contributed by atoms with van der Waals surface area (Å²) >= 11 is 0. The first kappa shape index (κ1) is 13.3. The van der Waals surface area contributed by atoms with Crippen LogP contribution in [0.1, 0.15) is 40.3 Å². The van der Waals surface area contributed by atoms with E-state index in [1.54, 1.807) is 4.68 Å². The Bertz CT molecular complexity index is 587. The lowest BCUT2D eigenvalue weighted by Gasteiger charge is -2.14. The van der Waals surface area contributed by atoms with Crippen molar-refractivity contribution in [2.45, 2.75) is 26.8 Å². The van der Waals surface area contributed by atoms with E-state index in [4.69, 9.17) is 0 Å². The van der Waals surface area contributed by atoms with Crippen molar-refractivity contribution in [2.75, 3.05) is 0 Å². The van der Waals surface area contributed by atoms with Crippen molar-refractivity contribution in [1.82, 2.24) is 15.1 Å². The quantitative estimate of drug-likeness (QED) is 0.918. The normalized spacial score (nSPS) is 12.2. The van der Waals surface area contributed by atoms with Crippen LogP contribution >= 0.6 is 0 Å². The van der Waals surface area contributed by atoms with Crippen LogP contribution in [0, 0.1) is 13.8 Å². The molecular weight excluding hydrogens is 238 g/mol. The minimum atomic E-state index is -0.0700. The Morgan fingerprint density at radius 1 is 1.26 bits per heavy atom. The van der Waals surface area contributed by atoms with E-state index in [0.29, 0.717) is 5.56 Å². The summed E-state index contributed by atoms with van der Waals surface area (Å²) in [6.07, 6.45) is 0. The molecule has 2 aromatic rings. The zero-order valence-corrected chi connectivity index (χ0v) is 11.8. The number of rotatable bonds is 3. The van der Waals surface area contributed by atoms with Crippen molar-refractivity contribution in [1.29, 1.82) is 0 Å². The molecule has 0 unspecified atom stereocenters. The Morgan fingerprint density at radius 2 is 1.89 bits per heavy atom. The molecule has 100 valence electrons. The van der Waals surface area contributed by atoms with Gasteiger partial charge in [0.05, 0.1) is 17.3 Å². The summed E-state index contributed by atoms with van der Waals surface area (Å²) in [5.41, 5.74) is 3.41. The lowest BCUT2D eigenvalue weighted by atomic mass is 10.1. The zero-order chi connectivity index (χ0) is 14.0. The third-order valence-electron chi connectivity index (χ3n) is 3.38. The fourth-order valence-electron chi connectivity index (χ4n) is 2.20. The Morgan fingerprint density at radius 3 is 2.42 bits per heavy atom. The van der Waals surface area contributed by atoms with Gasteiger partial charge in [-0.3, -0.25) is 9.48 Å². The van der Waals surface area contributed by atoms with Gasteiger partial charge in [-0.2, -0.15) is 5.10 Å². The van der Waals surface area contributed by atoms with Gasteiger partial charge in [0, 0.05) is 12.7 Å². The first-order valence-corrected chi connectivity index (χ1v) is 6.36. The van der Waals surface area contributed by atoms with Crippen LogP contribution in [0.25, 0.3) is 0 Å². The molecule has 0 bridgehead atoms. The third-order valence-corrected chi connectivity index (χ3v) is 3.38. The number of carbonyl (C=O) groups excluding carboxylic acids is 1. The highest BCUT2D eigenvalue weighted by molar-refractivity contribution is 5.96. The van der Waals surface area contributed by atoms with Gasteiger partial charge in [-0.25, -0.2) is 0 Å². The molecule has 0 saturated carbocycles. The fourth-order valence-corrected chi connectivity index (χ4v) is 2.20. The predicted octanol–water partition coefficient (Wildman–Crippen LogP) is 2.53. The van der Waals surface area contributed by atoms with Crippen molar-refractivity contribution < 1.29 is 4.79 Å². The number of nitrogens with one attached hydrogen (secondary N) is 1. The van der Waals surface area contributed by atoms with Gasteiger partial charge < -0.3 is 5.32 Å². The zero-order valence-electron chi connectivity index (χ0n) is 11.8. The fraction of sp³-hybridized carbons (Fsp3) is 0.333. The van der Waals surface area contributed by atoms with Crippen molar-refractivity contribution >= 4 is 5.91 Å². The molecule has 0 aliphatic rings. The monoisotopic (exact) mass is 257 g/mol. The lowest BCUT2D eigenvalue weighted by Crippen LogP contribution is -2.27. The number of benzene rings is 1. The van der Waals surface area contributed by atoms with Gasteiger partial charge in [-0.1, -0.05) is 30.3 Å². The Kier molecular flexibility index (Phi) is 3.69. The average molecular weight is 257 g/mol. The minimum absolute atomic E-state index is 0.0206. The van der Waals surface area contributed by atoms with E-state index >= 15 is 0 Å². The second-order valence-electron chi connectivity index (χ2n) is 4.78. The number of carbonyl (C=O) groups is 1. The topological polar surface area (TPSA) is 46.9 Å². The molecule has 19 heavy (non-hydrogen) atoms. The highest BCUT2D eigenvalue weighted by Crippen LogP contribution is 2.15. The summed E-state index contributed by atoms with van der Waals surface area (Å²) in [4.78, 5) is 12.3. The molecule has 4 heteroatoms. The van der Waals surface area contributed by atoms with E-state index in [2.05, 4.69) is 10.4 Å². The molecule has 2 rings (SSSR count). The Hall–Kier alpha value is -2.10. The first-order valence-electron chi connectivity index (χ1n) is 6.36. The maximum atomic E-state index is 12.3. The Balaban J connectivity index is 2.18. The van der Waals surface area contributed by atoms with E-state index in [0.717, 1.165) is 17.0 Å². The van der Waals surface area contributed by atoms with Crippen molar-refractivity contribution in [3.8, 4) is 0 Å². The largest absolute Gasteiger partial charge is 0.345 e. The van der Waals surface area contributed by atoms with Gasteiger partial charge in [-0.15, -0.1) is 0 Å². The molecule has 1 aromatic carbocycles. The second-order valence-corrected chi connectivity index (χ2v) is 4.78. The minimum Gasteiger partial charge on any atom is -0.345 e. The highest BCUT2D eigenvalue weighted by atomic mass is 16.1. The summed E-state index contributed by atoms with van der Waals surface area (Å²) in [7, 11) is 1.85. The summed E-state index contributed by atoms with van der Waals surface area (Å²) in [5.74, 6) is -0.0700. The molecule has 1 N–H and O–H groups in total. The molecule has 4 nitrogen and oxygen atoms in total. The summed E-state index contributed by atoms with van der Waals surface area (Å²) in [6.45, 7) is 5.74. The van der Waals surface area contributed by atoms with E-state index < -0.39 is 0 Å². The third kappa shape index (κ3) is 2.67. The van der Waals surface area contributed by atoms with Gasteiger partial charge >= 0.3 is 0 Å². The van der Waals surface area contributed by atoms with E-state index in [1.165, 1.54) is 0 Å². The number of hydrogen-bond donors (Lipinski definition) is 1. The van der Waals surface area contributed by atoms with Gasteiger partial charge in [0.15, 0.2) is 0 Å². The van der Waals surface area contributed by atoms with Crippen molar-refractivity contribution in [3.05, 3.63) is 52.8 Å². The molecule has 1 amide bonds. The molecule has 0 saturated heterocycles. The van der Waals surface area contributed by atoms with Crippen molar-refractivity contribution in [3.63, 3.8) is 0 Å². The van der Waals surface area contributed by atoms with E-state index in [1.807, 2.05) is 58.2 Å². The van der Waals surface area contributed by atoms with Gasteiger partial charge in [0.25, 0.3) is 5.91 Å². The van der Waals surface area contributed by atoms with Crippen LogP contribution in [0.2, 0.25) is 0 Å². The number of hydrogen-bond acceptors (Lipinski definition) is 2. The maximum absolute atomic E-state index is 12.3. The molecule has 1 heterocycles. The molecule has 0 fully saturated rings.